The van der Waals surface area contributed by atoms with Crippen molar-refractivity contribution in [3.63, 3.8) is 0 Å². The second-order valence-corrected chi connectivity index (χ2v) is 5.13. The van der Waals surface area contributed by atoms with Gasteiger partial charge in [0.25, 0.3) is 0 Å². The summed E-state index contributed by atoms with van der Waals surface area (Å²) in [5.74, 6) is 0.791. The van der Waals surface area contributed by atoms with E-state index in [1.54, 1.807) is 36.7 Å². The lowest BCUT2D eigenvalue weighted by Crippen LogP contribution is -2.15. The molecule has 0 saturated heterocycles. The van der Waals surface area contributed by atoms with Crippen LogP contribution in [-0.4, -0.2) is 26.8 Å². The van der Waals surface area contributed by atoms with E-state index in [-0.39, 0.29) is 18.4 Å². The van der Waals surface area contributed by atoms with E-state index in [0.717, 1.165) is 11.1 Å². The van der Waals surface area contributed by atoms with Crippen LogP contribution in [0.15, 0.2) is 67.0 Å². The average Bonchev–Trinajstić information content (AvgIpc) is 2.61. The van der Waals surface area contributed by atoms with Crippen LogP contribution in [-0.2, 0) is 0 Å². The van der Waals surface area contributed by atoms with E-state index < -0.39 is 0 Å². The number of aliphatic hydroxyl groups is 1. The Balaban J connectivity index is 1.83. The number of rotatable bonds is 5. The summed E-state index contributed by atoms with van der Waals surface area (Å²) < 4.78 is 0. The number of hydrogen-bond donors (Lipinski definition) is 3. The summed E-state index contributed by atoms with van der Waals surface area (Å²) in [6.07, 6.45) is 3.28. The van der Waals surface area contributed by atoms with Gasteiger partial charge in [-0.3, -0.25) is 4.98 Å². The zero-order valence-corrected chi connectivity index (χ0v) is 12.4. The highest BCUT2D eigenvalue weighted by molar-refractivity contribution is 5.60. The van der Waals surface area contributed by atoms with Crippen molar-refractivity contribution in [2.75, 3.05) is 11.9 Å². The van der Waals surface area contributed by atoms with Gasteiger partial charge in [0.15, 0.2) is 0 Å². The second-order valence-electron chi connectivity index (χ2n) is 5.13. The molecule has 0 saturated carbocycles. The molecule has 0 unspecified atom stereocenters. The first-order valence-electron chi connectivity index (χ1n) is 7.30. The van der Waals surface area contributed by atoms with Gasteiger partial charge >= 0.3 is 0 Å². The number of nitrogens with zero attached hydrogens (tertiary/aromatic N) is 2. The molecule has 0 aliphatic carbocycles. The first-order chi connectivity index (χ1) is 11.3. The van der Waals surface area contributed by atoms with Crippen LogP contribution in [0.25, 0.3) is 11.3 Å². The summed E-state index contributed by atoms with van der Waals surface area (Å²) in [5.41, 5.74) is 2.53. The van der Waals surface area contributed by atoms with Crippen molar-refractivity contribution < 1.29 is 10.2 Å². The predicted molar refractivity (Wildman–Crippen MR) is 89.0 cm³/mol. The largest absolute Gasteiger partial charge is 0.508 e. The molecule has 0 aliphatic rings. The SMILES string of the molecule is OC[C@H](Nc1cncc(-c2ccc(O)cc2)n1)c1ccccc1. The van der Waals surface area contributed by atoms with Crippen LogP contribution in [0.4, 0.5) is 5.82 Å². The van der Waals surface area contributed by atoms with E-state index >= 15 is 0 Å². The summed E-state index contributed by atoms with van der Waals surface area (Å²) in [6, 6.07) is 16.2. The normalized spacial score (nSPS) is 11.9. The third-order valence-electron chi connectivity index (χ3n) is 3.50. The minimum absolute atomic E-state index is 0.0465. The number of nitrogens with one attached hydrogen (secondary N) is 1. The smallest absolute Gasteiger partial charge is 0.145 e. The van der Waals surface area contributed by atoms with E-state index in [1.165, 1.54) is 0 Å². The number of phenols is 1. The Hall–Kier alpha value is -2.92. The van der Waals surface area contributed by atoms with Crippen LogP contribution >= 0.6 is 0 Å². The van der Waals surface area contributed by atoms with Crippen LogP contribution in [0, 0.1) is 0 Å². The maximum absolute atomic E-state index is 9.62. The van der Waals surface area contributed by atoms with Crippen LogP contribution in [0.2, 0.25) is 0 Å². The fraction of sp³-hybridized carbons (Fsp3) is 0.111. The predicted octanol–water partition coefficient (Wildman–Crippen LogP) is 2.99. The third-order valence-corrected chi connectivity index (χ3v) is 3.50. The molecular weight excluding hydrogens is 290 g/mol. The number of phenolic OH excluding ortho intramolecular Hbond substituents is 1. The molecule has 0 amide bonds. The van der Waals surface area contributed by atoms with Crippen LogP contribution in [0.1, 0.15) is 11.6 Å². The number of anilines is 1. The molecule has 23 heavy (non-hydrogen) atoms. The number of aromatic nitrogens is 2. The molecule has 2 aromatic carbocycles. The highest BCUT2D eigenvalue weighted by Crippen LogP contribution is 2.22. The van der Waals surface area contributed by atoms with Gasteiger partial charge in [-0.2, -0.15) is 0 Å². The Bertz CT molecular complexity index is 761. The Morgan fingerprint density at radius 3 is 2.39 bits per heavy atom. The fourth-order valence-electron chi connectivity index (χ4n) is 2.31. The molecule has 3 rings (SSSR count). The highest BCUT2D eigenvalue weighted by Gasteiger charge is 2.11. The van der Waals surface area contributed by atoms with Gasteiger partial charge in [-0.15, -0.1) is 0 Å². The number of hydrogen-bond acceptors (Lipinski definition) is 5. The van der Waals surface area contributed by atoms with Crippen molar-refractivity contribution in [3.8, 4) is 17.0 Å². The molecule has 3 aromatic rings. The molecular formula is C18H17N3O2. The first kappa shape index (κ1) is 15.0. The lowest BCUT2D eigenvalue weighted by atomic mass is 10.1. The van der Waals surface area contributed by atoms with E-state index in [4.69, 9.17) is 0 Å². The number of aromatic hydroxyl groups is 1. The quantitative estimate of drug-likeness (QED) is 0.675. The summed E-state index contributed by atoms with van der Waals surface area (Å²) in [4.78, 5) is 8.71. The molecule has 0 spiro atoms. The monoisotopic (exact) mass is 307 g/mol. The number of benzene rings is 2. The van der Waals surface area contributed by atoms with Crippen LogP contribution in [0.5, 0.6) is 5.75 Å². The minimum atomic E-state index is -0.249. The van der Waals surface area contributed by atoms with Crippen molar-refractivity contribution in [1.82, 2.24) is 9.97 Å². The van der Waals surface area contributed by atoms with E-state index in [1.807, 2.05) is 30.3 Å². The van der Waals surface area contributed by atoms with Crippen molar-refractivity contribution >= 4 is 5.82 Å². The standard InChI is InChI=1S/C18H17N3O2/c22-12-17(13-4-2-1-3-5-13)21-18-11-19-10-16(20-18)14-6-8-15(23)9-7-14/h1-11,17,22-23H,12H2,(H,20,21)/t17-/m0/s1. The van der Waals surface area contributed by atoms with E-state index in [2.05, 4.69) is 15.3 Å². The lowest BCUT2D eigenvalue weighted by molar-refractivity contribution is 0.276. The first-order valence-corrected chi connectivity index (χ1v) is 7.30. The van der Waals surface area contributed by atoms with Crippen LogP contribution in [0.3, 0.4) is 0 Å². The van der Waals surface area contributed by atoms with E-state index in [0.29, 0.717) is 11.5 Å². The van der Waals surface area contributed by atoms with Crippen LogP contribution < -0.4 is 5.32 Å². The Morgan fingerprint density at radius 2 is 1.70 bits per heavy atom. The summed E-state index contributed by atoms with van der Waals surface area (Å²) >= 11 is 0. The van der Waals surface area contributed by atoms with Gasteiger partial charge in [-0.05, 0) is 29.8 Å². The minimum Gasteiger partial charge on any atom is -0.508 e. The summed E-state index contributed by atoms with van der Waals surface area (Å²) in [7, 11) is 0. The van der Waals surface area contributed by atoms with Gasteiger partial charge in [0.05, 0.1) is 30.7 Å². The van der Waals surface area contributed by atoms with Crippen molar-refractivity contribution in [2.24, 2.45) is 0 Å². The molecule has 5 nitrogen and oxygen atoms in total. The van der Waals surface area contributed by atoms with Gasteiger partial charge in [-0.1, -0.05) is 30.3 Å². The molecule has 0 fully saturated rings. The van der Waals surface area contributed by atoms with Gasteiger partial charge in [0.1, 0.15) is 11.6 Å². The van der Waals surface area contributed by atoms with Crippen molar-refractivity contribution in [2.45, 2.75) is 6.04 Å². The third kappa shape index (κ3) is 3.64. The van der Waals surface area contributed by atoms with Gasteiger partial charge in [0, 0.05) is 5.56 Å². The second kappa shape index (κ2) is 6.89. The molecule has 0 aliphatic heterocycles. The van der Waals surface area contributed by atoms with E-state index in [9.17, 15) is 10.2 Å². The molecule has 1 atom stereocenters. The molecule has 3 N–H and O–H groups in total. The molecule has 5 heteroatoms. The molecule has 1 aromatic heterocycles. The topological polar surface area (TPSA) is 78.3 Å². The number of aliphatic hydroxyl groups excluding tert-OH is 1. The molecule has 0 radical (unpaired) electrons. The average molecular weight is 307 g/mol. The highest BCUT2D eigenvalue weighted by atomic mass is 16.3. The molecule has 116 valence electrons. The van der Waals surface area contributed by atoms with Crippen molar-refractivity contribution in [1.29, 1.82) is 0 Å². The Kier molecular flexibility index (Phi) is 4.49. The Labute approximate surface area is 134 Å². The van der Waals surface area contributed by atoms with Gasteiger partial charge in [-0.25, -0.2) is 4.98 Å². The summed E-state index contributed by atoms with van der Waals surface area (Å²) in [6.45, 7) is -0.0465. The molecule has 0 bridgehead atoms. The maximum atomic E-state index is 9.62. The fourth-order valence-corrected chi connectivity index (χ4v) is 2.31. The summed E-state index contributed by atoms with van der Waals surface area (Å²) in [5, 5.41) is 22.2. The van der Waals surface area contributed by atoms with Gasteiger partial charge in [0.2, 0.25) is 0 Å². The maximum Gasteiger partial charge on any atom is 0.145 e. The van der Waals surface area contributed by atoms with Crippen molar-refractivity contribution in [3.05, 3.63) is 72.6 Å². The molecule has 1 heterocycles. The zero-order chi connectivity index (χ0) is 16.1. The Morgan fingerprint density at radius 1 is 0.957 bits per heavy atom. The van der Waals surface area contributed by atoms with Gasteiger partial charge < -0.3 is 15.5 Å². The zero-order valence-electron chi connectivity index (χ0n) is 12.4. The lowest BCUT2D eigenvalue weighted by Gasteiger charge is -2.17.